The van der Waals surface area contributed by atoms with Gasteiger partial charge in [0.05, 0.1) is 10.6 Å². The monoisotopic (exact) mass is 282 g/mol. The third-order valence-corrected chi connectivity index (χ3v) is 3.14. The highest BCUT2D eigenvalue weighted by Crippen LogP contribution is 2.32. The molecule has 18 heavy (non-hydrogen) atoms. The minimum atomic E-state index is 0.409. The average Bonchev–Trinajstić information content (AvgIpc) is 2.34. The Bertz CT molecular complexity index is 573. The number of ether oxygens (including phenoxy) is 1. The molecular formula is C13H12Cl2N2O. The van der Waals surface area contributed by atoms with E-state index in [1.54, 1.807) is 6.07 Å². The maximum atomic E-state index is 6.08. The molecule has 5 heteroatoms. The van der Waals surface area contributed by atoms with Crippen LogP contribution in [-0.4, -0.2) is 9.97 Å². The number of aryl methyl sites for hydroxylation is 1. The van der Waals surface area contributed by atoms with Crippen LogP contribution >= 0.6 is 23.2 Å². The number of halogens is 2. The fourth-order valence-corrected chi connectivity index (χ4v) is 1.97. The average molecular weight is 283 g/mol. The molecule has 0 amide bonds. The second-order valence-corrected chi connectivity index (χ2v) is 4.60. The van der Waals surface area contributed by atoms with Gasteiger partial charge in [-0.25, -0.2) is 9.97 Å². The van der Waals surface area contributed by atoms with Crippen LogP contribution in [0.25, 0.3) is 0 Å². The predicted molar refractivity (Wildman–Crippen MR) is 72.7 cm³/mol. The van der Waals surface area contributed by atoms with Crippen molar-refractivity contribution in [2.75, 3.05) is 0 Å². The van der Waals surface area contributed by atoms with Crippen molar-refractivity contribution < 1.29 is 4.74 Å². The summed E-state index contributed by atoms with van der Waals surface area (Å²) >= 11 is 12.1. The fourth-order valence-electron chi connectivity index (χ4n) is 1.55. The van der Waals surface area contributed by atoms with Gasteiger partial charge in [-0.3, -0.25) is 0 Å². The summed E-state index contributed by atoms with van der Waals surface area (Å²) in [7, 11) is 0. The molecule has 2 rings (SSSR count). The lowest BCUT2D eigenvalue weighted by molar-refractivity contribution is 0.455. The smallest absolute Gasteiger partial charge is 0.227 e. The molecule has 0 aliphatic carbocycles. The quantitative estimate of drug-likeness (QED) is 0.781. The van der Waals surface area contributed by atoms with E-state index in [1.165, 1.54) is 6.33 Å². The number of hydrogen-bond donors (Lipinski definition) is 0. The van der Waals surface area contributed by atoms with E-state index in [1.807, 2.05) is 26.0 Å². The Hall–Kier alpha value is -1.32. The van der Waals surface area contributed by atoms with Crippen molar-refractivity contribution in [1.82, 2.24) is 9.97 Å². The zero-order valence-corrected chi connectivity index (χ0v) is 11.6. The Morgan fingerprint density at radius 3 is 2.72 bits per heavy atom. The minimum Gasteiger partial charge on any atom is -0.437 e. The van der Waals surface area contributed by atoms with Crippen molar-refractivity contribution in [3.63, 3.8) is 0 Å². The molecule has 0 N–H and O–H groups in total. The Balaban J connectivity index is 2.40. The molecule has 0 bridgehead atoms. The maximum Gasteiger partial charge on any atom is 0.227 e. The zero-order chi connectivity index (χ0) is 13.1. The lowest BCUT2D eigenvalue weighted by Gasteiger charge is -2.11. The number of hydrogen-bond acceptors (Lipinski definition) is 3. The van der Waals surface area contributed by atoms with Crippen LogP contribution in [0, 0.1) is 6.92 Å². The van der Waals surface area contributed by atoms with Crippen LogP contribution in [-0.2, 0) is 6.42 Å². The molecule has 0 saturated heterocycles. The summed E-state index contributed by atoms with van der Waals surface area (Å²) in [6.45, 7) is 3.94. The summed E-state index contributed by atoms with van der Waals surface area (Å²) in [4.78, 5) is 8.03. The molecule has 1 aromatic carbocycles. The summed E-state index contributed by atoms with van der Waals surface area (Å²) in [6, 6.07) is 5.57. The maximum absolute atomic E-state index is 6.08. The summed E-state index contributed by atoms with van der Waals surface area (Å²) in [5.41, 5.74) is 1.84. The van der Waals surface area contributed by atoms with E-state index in [0.29, 0.717) is 28.2 Å². The van der Waals surface area contributed by atoms with E-state index < -0.39 is 0 Å². The minimum absolute atomic E-state index is 0.409. The van der Waals surface area contributed by atoms with Gasteiger partial charge in [0.1, 0.15) is 17.2 Å². The van der Waals surface area contributed by atoms with E-state index in [0.717, 1.165) is 11.1 Å². The number of aromatic nitrogens is 2. The van der Waals surface area contributed by atoms with Gasteiger partial charge in [-0.15, -0.1) is 0 Å². The Kier molecular flexibility index (Phi) is 4.04. The van der Waals surface area contributed by atoms with Crippen LogP contribution < -0.4 is 4.74 Å². The topological polar surface area (TPSA) is 35.0 Å². The molecule has 0 unspecified atom stereocenters. The van der Waals surface area contributed by atoms with Crippen LogP contribution in [0.15, 0.2) is 24.5 Å². The highest BCUT2D eigenvalue weighted by Gasteiger charge is 2.12. The Labute approximate surface area is 116 Å². The molecule has 0 radical (unpaired) electrons. The second-order valence-electron chi connectivity index (χ2n) is 3.84. The van der Waals surface area contributed by atoms with Gasteiger partial charge in [0, 0.05) is 0 Å². The molecule has 1 heterocycles. The lowest BCUT2D eigenvalue weighted by Crippen LogP contribution is -1.97. The summed E-state index contributed by atoms with van der Waals surface area (Å²) in [6.07, 6.45) is 2.07. The highest BCUT2D eigenvalue weighted by molar-refractivity contribution is 6.32. The van der Waals surface area contributed by atoms with Gasteiger partial charge >= 0.3 is 0 Å². The van der Waals surface area contributed by atoms with Crippen molar-refractivity contribution in [3.05, 3.63) is 45.8 Å². The number of nitrogens with zero attached hydrogens (tertiary/aromatic N) is 2. The van der Waals surface area contributed by atoms with Crippen LogP contribution in [0.4, 0.5) is 0 Å². The third kappa shape index (κ3) is 2.74. The first-order valence-corrected chi connectivity index (χ1v) is 6.30. The zero-order valence-electron chi connectivity index (χ0n) is 10.1. The van der Waals surface area contributed by atoms with Crippen LogP contribution in [0.5, 0.6) is 11.6 Å². The van der Waals surface area contributed by atoms with Crippen LogP contribution in [0.3, 0.4) is 0 Å². The van der Waals surface area contributed by atoms with Gasteiger partial charge in [-0.1, -0.05) is 36.2 Å². The van der Waals surface area contributed by atoms with Gasteiger partial charge in [-0.2, -0.15) is 0 Å². The van der Waals surface area contributed by atoms with E-state index in [2.05, 4.69) is 9.97 Å². The van der Waals surface area contributed by atoms with Gasteiger partial charge in [0.2, 0.25) is 5.88 Å². The molecule has 94 valence electrons. The van der Waals surface area contributed by atoms with E-state index >= 15 is 0 Å². The van der Waals surface area contributed by atoms with Crippen molar-refractivity contribution in [1.29, 1.82) is 0 Å². The van der Waals surface area contributed by atoms with Gasteiger partial charge in [0.15, 0.2) is 0 Å². The molecule has 1 aromatic heterocycles. The largest absolute Gasteiger partial charge is 0.437 e. The normalized spacial score (nSPS) is 10.4. The van der Waals surface area contributed by atoms with Crippen molar-refractivity contribution in [2.45, 2.75) is 20.3 Å². The van der Waals surface area contributed by atoms with E-state index in [4.69, 9.17) is 27.9 Å². The molecule has 0 spiro atoms. The molecule has 0 fully saturated rings. The SMILES string of the molecule is CCc1c(Cl)ncnc1Oc1cc(C)ccc1Cl. The molecule has 0 saturated carbocycles. The number of rotatable bonds is 3. The first-order valence-electron chi connectivity index (χ1n) is 5.55. The van der Waals surface area contributed by atoms with Crippen LogP contribution in [0.1, 0.15) is 18.1 Å². The summed E-state index contributed by atoms with van der Waals surface area (Å²) < 4.78 is 5.73. The third-order valence-electron chi connectivity index (χ3n) is 2.50. The van der Waals surface area contributed by atoms with E-state index in [9.17, 15) is 0 Å². The Morgan fingerprint density at radius 1 is 1.22 bits per heavy atom. The number of benzene rings is 1. The molecule has 2 aromatic rings. The molecule has 0 aliphatic rings. The van der Waals surface area contributed by atoms with Crippen molar-refractivity contribution in [2.24, 2.45) is 0 Å². The van der Waals surface area contributed by atoms with Crippen LogP contribution in [0.2, 0.25) is 10.2 Å². The molecule has 0 atom stereocenters. The standard InChI is InChI=1S/C13H12Cl2N2O/c1-3-9-12(15)16-7-17-13(9)18-11-6-8(2)4-5-10(11)14/h4-7H,3H2,1-2H3. The van der Waals surface area contributed by atoms with Gasteiger partial charge < -0.3 is 4.74 Å². The summed E-state index contributed by atoms with van der Waals surface area (Å²) in [5, 5.41) is 0.948. The molecular weight excluding hydrogens is 271 g/mol. The van der Waals surface area contributed by atoms with E-state index in [-0.39, 0.29) is 0 Å². The fraction of sp³-hybridized carbons (Fsp3) is 0.231. The summed E-state index contributed by atoms with van der Waals surface area (Å²) in [5.74, 6) is 1.02. The molecule has 0 aliphatic heterocycles. The predicted octanol–water partition coefficient (Wildman–Crippen LogP) is 4.45. The van der Waals surface area contributed by atoms with Crippen molar-refractivity contribution >= 4 is 23.2 Å². The highest BCUT2D eigenvalue weighted by atomic mass is 35.5. The molecule has 3 nitrogen and oxygen atoms in total. The first kappa shape index (κ1) is 13.1. The first-order chi connectivity index (χ1) is 8.61. The van der Waals surface area contributed by atoms with Gasteiger partial charge in [0.25, 0.3) is 0 Å². The lowest BCUT2D eigenvalue weighted by atomic mass is 10.2. The Morgan fingerprint density at radius 2 is 2.00 bits per heavy atom. The second kappa shape index (κ2) is 5.55. The van der Waals surface area contributed by atoms with Crippen molar-refractivity contribution in [3.8, 4) is 11.6 Å². The van der Waals surface area contributed by atoms with Gasteiger partial charge in [-0.05, 0) is 31.0 Å².